The van der Waals surface area contributed by atoms with Gasteiger partial charge >= 0.3 is 0 Å². The summed E-state index contributed by atoms with van der Waals surface area (Å²) in [6.45, 7) is 4.81. The summed E-state index contributed by atoms with van der Waals surface area (Å²) < 4.78 is 0. The van der Waals surface area contributed by atoms with Crippen molar-refractivity contribution in [3.05, 3.63) is 71.3 Å². The van der Waals surface area contributed by atoms with Gasteiger partial charge in [-0.2, -0.15) is 0 Å². The quantitative estimate of drug-likeness (QED) is 0.396. The van der Waals surface area contributed by atoms with Gasteiger partial charge < -0.3 is 16.4 Å². The molecule has 0 aromatic heterocycles. The van der Waals surface area contributed by atoms with Crippen LogP contribution in [-0.4, -0.2) is 30.7 Å². The second kappa shape index (κ2) is 9.69. The minimum Gasteiger partial charge on any atom is -0.384 e. The van der Waals surface area contributed by atoms with Crippen molar-refractivity contribution < 1.29 is 9.59 Å². The largest absolute Gasteiger partial charge is 0.384 e. The summed E-state index contributed by atoms with van der Waals surface area (Å²) in [7, 11) is 0. The van der Waals surface area contributed by atoms with E-state index in [1.54, 1.807) is 18.2 Å². The Morgan fingerprint density at radius 1 is 1.00 bits per heavy atom. The number of benzene rings is 2. The molecule has 2 aromatic carbocycles. The van der Waals surface area contributed by atoms with Gasteiger partial charge in [0.2, 0.25) is 5.91 Å². The van der Waals surface area contributed by atoms with Crippen molar-refractivity contribution in [3.63, 3.8) is 0 Å². The Balaban J connectivity index is 1.74. The Morgan fingerprint density at radius 3 is 2.36 bits per heavy atom. The summed E-state index contributed by atoms with van der Waals surface area (Å²) in [5, 5.41) is 12.9. The van der Waals surface area contributed by atoms with Gasteiger partial charge in [0, 0.05) is 17.7 Å². The molecular weight excluding hydrogens is 352 g/mol. The van der Waals surface area contributed by atoms with Crippen molar-refractivity contribution in [1.82, 2.24) is 10.6 Å². The van der Waals surface area contributed by atoms with Crippen LogP contribution in [0.1, 0.15) is 41.8 Å². The van der Waals surface area contributed by atoms with E-state index >= 15 is 0 Å². The van der Waals surface area contributed by atoms with E-state index in [0.29, 0.717) is 17.7 Å². The van der Waals surface area contributed by atoms with Crippen LogP contribution in [0.4, 0.5) is 0 Å². The number of rotatable bonds is 9. The fraction of sp³-hybridized carbons (Fsp3) is 0.318. The molecule has 0 radical (unpaired) electrons. The minimum atomic E-state index is -0.373. The molecule has 0 aliphatic carbocycles. The summed E-state index contributed by atoms with van der Waals surface area (Å²) >= 11 is 0. The Kier molecular flexibility index (Phi) is 7.32. The van der Waals surface area contributed by atoms with Crippen LogP contribution in [0.15, 0.2) is 54.6 Å². The third-order valence-corrected chi connectivity index (χ3v) is 4.49. The zero-order valence-corrected chi connectivity index (χ0v) is 16.4. The summed E-state index contributed by atoms with van der Waals surface area (Å²) in [4.78, 5) is 24.2. The van der Waals surface area contributed by atoms with Crippen LogP contribution in [-0.2, 0) is 11.2 Å². The van der Waals surface area contributed by atoms with Crippen molar-refractivity contribution >= 4 is 17.6 Å². The summed E-state index contributed by atoms with van der Waals surface area (Å²) in [6, 6.07) is 16.7. The molecule has 0 aliphatic heterocycles. The molecule has 0 atom stereocenters. The predicted molar refractivity (Wildman–Crippen MR) is 111 cm³/mol. The van der Waals surface area contributed by atoms with Crippen LogP contribution in [0.2, 0.25) is 0 Å². The highest BCUT2D eigenvalue weighted by Crippen LogP contribution is 2.25. The number of nitrogens with two attached hydrogens (primary N) is 1. The van der Waals surface area contributed by atoms with E-state index < -0.39 is 0 Å². The first kappa shape index (κ1) is 21.2. The van der Waals surface area contributed by atoms with Gasteiger partial charge in [-0.05, 0) is 36.0 Å². The fourth-order valence-corrected chi connectivity index (χ4v) is 2.93. The van der Waals surface area contributed by atoms with Crippen LogP contribution in [0.3, 0.4) is 0 Å². The van der Waals surface area contributed by atoms with Crippen LogP contribution >= 0.6 is 0 Å². The average molecular weight is 380 g/mol. The van der Waals surface area contributed by atoms with Crippen molar-refractivity contribution in [2.45, 2.75) is 26.7 Å². The average Bonchev–Trinajstić information content (AvgIpc) is 2.66. The maximum atomic E-state index is 12.2. The number of carbonyl (C=O) groups excluding carboxylic acids is 2. The predicted octanol–water partition coefficient (Wildman–Crippen LogP) is 2.48. The van der Waals surface area contributed by atoms with Gasteiger partial charge in [-0.15, -0.1) is 0 Å². The lowest BCUT2D eigenvalue weighted by atomic mass is 9.83. The van der Waals surface area contributed by atoms with E-state index in [0.717, 1.165) is 12.8 Å². The normalized spacial score (nSPS) is 10.9. The first-order valence-electron chi connectivity index (χ1n) is 9.30. The molecule has 2 rings (SSSR count). The number of hydrogen-bond donors (Lipinski definition) is 4. The van der Waals surface area contributed by atoms with Crippen LogP contribution in [0.5, 0.6) is 0 Å². The Bertz CT molecular complexity index is 831. The molecule has 6 heteroatoms. The molecule has 0 bridgehead atoms. The van der Waals surface area contributed by atoms with E-state index in [-0.39, 0.29) is 29.6 Å². The van der Waals surface area contributed by atoms with Crippen molar-refractivity contribution in [2.75, 3.05) is 13.1 Å². The van der Waals surface area contributed by atoms with Gasteiger partial charge in [-0.3, -0.25) is 15.0 Å². The lowest BCUT2D eigenvalue weighted by Crippen LogP contribution is -2.38. The highest BCUT2D eigenvalue weighted by molar-refractivity contribution is 6.00. The third kappa shape index (κ3) is 6.87. The molecule has 2 aromatic rings. The highest BCUT2D eigenvalue weighted by atomic mass is 16.2. The molecule has 5 N–H and O–H groups in total. The van der Waals surface area contributed by atoms with Crippen molar-refractivity contribution in [2.24, 2.45) is 11.1 Å². The number of hydrogen-bond acceptors (Lipinski definition) is 3. The van der Waals surface area contributed by atoms with Gasteiger partial charge in [-0.1, -0.05) is 56.3 Å². The fourth-order valence-electron chi connectivity index (χ4n) is 2.93. The smallest absolute Gasteiger partial charge is 0.251 e. The summed E-state index contributed by atoms with van der Waals surface area (Å²) in [5.74, 6) is -0.709. The van der Waals surface area contributed by atoms with E-state index in [2.05, 4.69) is 36.6 Å². The SMILES string of the molecule is CC(C)(CCNC(=O)CNC(=O)c1cccc(C(=N)N)c1)Cc1ccccc1. The third-order valence-electron chi connectivity index (χ3n) is 4.49. The van der Waals surface area contributed by atoms with Gasteiger partial charge in [0.05, 0.1) is 6.54 Å². The topological polar surface area (TPSA) is 108 Å². The second-order valence-electron chi connectivity index (χ2n) is 7.60. The number of nitrogen functional groups attached to an aromatic ring is 1. The van der Waals surface area contributed by atoms with Gasteiger partial charge in [-0.25, -0.2) is 0 Å². The standard InChI is InChI=1S/C22H28N4O2/c1-22(2,14-16-7-4-3-5-8-16)11-12-25-19(27)15-26-21(28)18-10-6-9-17(13-18)20(23)24/h3-10,13H,11-12,14-15H2,1-2H3,(H3,23,24)(H,25,27)(H,26,28). The van der Waals surface area contributed by atoms with Crippen LogP contribution in [0, 0.1) is 10.8 Å². The Hall–Kier alpha value is -3.15. The number of nitrogens with one attached hydrogen (secondary N) is 3. The van der Waals surface area contributed by atoms with E-state index in [9.17, 15) is 9.59 Å². The molecule has 0 saturated carbocycles. The number of amides is 2. The molecule has 0 heterocycles. The maximum absolute atomic E-state index is 12.2. The van der Waals surface area contributed by atoms with E-state index in [4.69, 9.17) is 11.1 Å². The molecule has 148 valence electrons. The lowest BCUT2D eigenvalue weighted by Gasteiger charge is -2.25. The molecule has 0 fully saturated rings. The van der Waals surface area contributed by atoms with E-state index in [1.165, 1.54) is 11.6 Å². The van der Waals surface area contributed by atoms with Crippen LogP contribution in [0.25, 0.3) is 0 Å². The van der Waals surface area contributed by atoms with Crippen molar-refractivity contribution in [1.29, 1.82) is 5.41 Å². The molecule has 28 heavy (non-hydrogen) atoms. The second-order valence-corrected chi connectivity index (χ2v) is 7.60. The molecule has 0 spiro atoms. The monoisotopic (exact) mass is 380 g/mol. The number of carbonyl (C=O) groups is 2. The minimum absolute atomic E-state index is 0.0605. The Labute approximate surface area is 166 Å². The zero-order valence-electron chi connectivity index (χ0n) is 16.4. The van der Waals surface area contributed by atoms with Gasteiger partial charge in [0.25, 0.3) is 5.91 Å². The summed E-state index contributed by atoms with van der Waals surface area (Å²) in [6.07, 6.45) is 1.77. The van der Waals surface area contributed by atoms with Gasteiger partial charge in [0.1, 0.15) is 5.84 Å². The molecule has 0 unspecified atom stereocenters. The molecule has 2 amide bonds. The highest BCUT2D eigenvalue weighted by Gasteiger charge is 2.18. The molecule has 0 aliphatic rings. The van der Waals surface area contributed by atoms with Gasteiger partial charge in [0.15, 0.2) is 0 Å². The van der Waals surface area contributed by atoms with Crippen LogP contribution < -0.4 is 16.4 Å². The molecule has 0 saturated heterocycles. The number of amidine groups is 1. The lowest BCUT2D eigenvalue weighted by molar-refractivity contribution is -0.120. The van der Waals surface area contributed by atoms with Crippen molar-refractivity contribution in [3.8, 4) is 0 Å². The summed E-state index contributed by atoms with van der Waals surface area (Å²) in [5.41, 5.74) is 7.60. The maximum Gasteiger partial charge on any atom is 0.251 e. The molecular formula is C22H28N4O2. The first-order valence-corrected chi connectivity index (χ1v) is 9.30. The first-order chi connectivity index (χ1) is 13.3. The molecule has 6 nitrogen and oxygen atoms in total. The van der Waals surface area contributed by atoms with E-state index in [1.807, 2.05) is 18.2 Å². The zero-order chi connectivity index (χ0) is 20.6. The Morgan fingerprint density at radius 2 is 1.68 bits per heavy atom.